The van der Waals surface area contributed by atoms with Crippen LogP contribution in [0.3, 0.4) is 0 Å². The number of hydrogen-bond acceptors (Lipinski definition) is 5. The lowest BCUT2D eigenvalue weighted by atomic mass is 10.4. The highest BCUT2D eigenvalue weighted by molar-refractivity contribution is 5.31. The van der Waals surface area contributed by atoms with Crippen LogP contribution in [0.4, 0.5) is 0 Å². The first kappa shape index (κ1) is 12.2. The zero-order valence-corrected chi connectivity index (χ0v) is 7.39. The van der Waals surface area contributed by atoms with Gasteiger partial charge in [0.05, 0.1) is 19.8 Å². The number of aliphatic hydroxyl groups is 3. The Morgan fingerprint density at radius 2 is 1.38 bits per heavy atom. The Hall–Kier alpha value is -0.780. The van der Waals surface area contributed by atoms with Gasteiger partial charge < -0.3 is 15.3 Å². The molecule has 0 aliphatic rings. The van der Waals surface area contributed by atoms with Crippen molar-refractivity contribution in [1.82, 2.24) is 0 Å². The van der Waals surface area contributed by atoms with Crippen molar-refractivity contribution in [3.63, 3.8) is 0 Å². The molecule has 13 heavy (non-hydrogen) atoms. The van der Waals surface area contributed by atoms with Crippen LogP contribution < -0.4 is 0 Å². The highest BCUT2D eigenvalue weighted by atomic mass is 16.3. The molecule has 0 bridgehead atoms. The average Bonchev–Trinajstić information content (AvgIpc) is 2.06. The van der Waals surface area contributed by atoms with Gasteiger partial charge in [-0.1, -0.05) is 0 Å². The van der Waals surface area contributed by atoms with Crippen LogP contribution in [0.15, 0.2) is 5.10 Å². The van der Waals surface area contributed by atoms with Gasteiger partial charge in [0.1, 0.15) is 19.6 Å². The fourth-order valence-electron chi connectivity index (χ4n) is 1.13. The molecular weight excluding hydrogens is 176 g/mol. The zero-order valence-electron chi connectivity index (χ0n) is 7.39. The Morgan fingerprint density at radius 1 is 1.00 bits per heavy atom. The summed E-state index contributed by atoms with van der Waals surface area (Å²) in [7, 11) is 0. The molecule has 0 amide bonds. The molecule has 6 nitrogen and oxygen atoms in total. The Balaban J connectivity index is 4.46. The summed E-state index contributed by atoms with van der Waals surface area (Å²) in [6.07, 6.45) is 1.38. The zero-order chi connectivity index (χ0) is 10.2. The van der Waals surface area contributed by atoms with E-state index in [4.69, 9.17) is 15.3 Å². The molecule has 0 aromatic rings. The second-order valence-electron chi connectivity index (χ2n) is 2.63. The molecule has 0 rings (SSSR count). The first-order chi connectivity index (χ1) is 6.24. The SMILES string of the molecule is O=C=N[N+](CCO)(CCO)CCO. The van der Waals surface area contributed by atoms with Crippen LogP contribution in [0.25, 0.3) is 0 Å². The van der Waals surface area contributed by atoms with E-state index in [1.165, 1.54) is 6.08 Å². The molecule has 0 atom stereocenters. The molecule has 0 spiro atoms. The number of aliphatic hydroxyl groups excluding tert-OH is 3. The number of rotatable bonds is 7. The predicted octanol–water partition coefficient (Wildman–Crippen LogP) is -1.97. The molecule has 0 heterocycles. The van der Waals surface area contributed by atoms with Gasteiger partial charge in [-0.25, -0.2) is 4.79 Å². The molecule has 0 radical (unpaired) electrons. The van der Waals surface area contributed by atoms with Crippen LogP contribution in [0.5, 0.6) is 0 Å². The van der Waals surface area contributed by atoms with Crippen LogP contribution in [-0.4, -0.2) is 65.4 Å². The fourth-order valence-corrected chi connectivity index (χ4v) is 1.13. The highest BCUT2D eigenvalue weighted by Crippen LogP contribution is 2.05. The molecule has 76 valence electrons. The third-order valence-corrected chi connectivity index (χ3v) is 1.80. The molecule has 0 saturated heterocycles. The van der Waals surface area contributed by atoms with E-state index in [-0.39, 0.29) is 44.0 Å². The normalized spacial score (nSPS) is 11.0. The minimum absolute atomic E-state index is 0.162. The van der Waals surface area contributed by atoms with Gasteiger partial charge in [-0.05, 0) is 0 Å². The smallest absolute Gasteiger partial charge is 0.294 e. The van der Waals surface area contributed by atoms with E-state index in [9.17, 15) is 4.79 Å². The van der Waals surface area contributed by atoms with Crippen molar-refractivity contribution in [3.8, 4) is 0 Å². The average molecular weight is 191 g/mol. The summed E-state index contributed by atoms with van der Waals surface area (Å²) in [5, 5.41) is 29.6. The van der Waals surface area contributed by atoms with Crippen molar-refractivity contribution in [2.45, 2.75) is 0 Å². The largest absolute Gasteiger partial charge is 0.390 e. The van der Waals surface area contributed by atoms with Crippen LogP contribution in [0, 0.1) is 0 Å². The Labute approximate surface area is 76.3 Å². The molecule has 3 N–H and O–H groups in total. The lowest BCUT2D eigenvalue weighted by molar-refractivity contribution is -0.935. The number of hydrogen-bond donors (Lipinski definition) is 3. The van der Waals surface area contributed by atoms with Crippen LogP contribution in [0.1, 0.15) is 0 Å². The second kappa shape index (κ2) is 6.71. The molecule has 0 unspecified atom stereocenters. The Bertz CT molecular complexity index is 162. The summed E-state index contributed by atoms with van der Waals surface area (Å²) in [5.41, 5.74) is 0. The maximum absolute atomic E-state index is 10.1. The maximum atomic E-state index is 10.1. The van der Waals surface area contributed by atoms with Crippen molar-refractivity contribution in [1.29, 1.82) is 0 Å². The second-order valence-corrected chi connectivity index (χ2v) is 2.63. The standard InChI is InChI=1S/C7H15N2O4/c10-4-1-9(2-5-11,3-6-12)8-7-13/h10-12H,1-6H2/q+1. The highest BCUT2D eigenvalue weighted by Gasteiger charge is 2.26. The summed E-state index contributed by atoms with van der Waals surface area (Å²) < 4.78 is -0.174. The molecule has 0 aliphatic carbocycles. The molecule has 0 aromatic heterocycles. The summed E-state index contributed by atoms with van der Waals surface area (Å²) in [6.45, 7) is 0.0879. The lowest BCUT2D eigenvalue weighted by Gasteiger charge is -2.27. The monoisotopic (exact) mass is 191 g/mol. The van der Waals surface area contributed by atoms with Gasteiger partial charge >= 0.3 is 0 Å². The third kappa shape index (κ3) is 4.12. The maximum Gasteiger partial charge on any atom is 0.294 e. The van der Waals surface area contributed by atoms with Crippen molar-refractivity contribution < 1.29 is 24.7 Å². The first-order valence-electron chi connectivity index (χ1n) is 4.03. The van der Waals surface area contributed by atoms with Gasteiger partial charge in [0.15, 0.2) is 0 Å². The van der Waals surface area contributed by atoms with Gasteiger partial charge in [0, 0.05) is 5.10 Å². The summed E-state index contributed by atoms with van der Waals surface area (Å²) in [5.74, 6) is 0. The number of quaternary nitrogens is 1. The van der Waals surface area contributed by atoms with Crippen LogP contribution in [0.2, 0.25) is 0 Å². The Kier molecular flexibility index (Phi) is 6.30. The van der Waals surface area contributed by atoms with E-state index in [1.807, 2.05) is 0 Å². The third-order valence-electron chi connectivity index (χ3n) is 1.80. The number of nitrogens with zero attached hydrogens (tertiary/aromatic N) is 2. The van der Waals surface area contributed by atoms with Gasteiger partial charge in [-0.3, -0.25) is 0 Å². The van der Waals surface area contributed by atoms with Crippen LogP contribution >= 0.6 is 0 Å². The van der Waals surface area contributed by atoms with Crippen molar-refractivity contribution in [2.75, 3.05) is 39.5 Å². The summed E-state index contributed by atoms with van der Waals surface area (Å²) >= 11 is 0. The quantitative estimate of drug-likeness (QED) is 0.188. The van der Waals surface area contributed by atoms with Crippen molar-refractivity contribution >= 4 is 6.08 Å². The molecule has 0 saturated carbocycles. The Morgan fingerprint density at radius 3 is 1.62 bits per heavy atom. The van der Waals surface area contributed by atoms with E-state index < -0.39 is 0 Å². The van der Waals surface area contributed by atoms with E-state index in [2.05, 4.69) is 5.10 Å². The molecule has 0 aliphatic heterocycles. The molecular formula is C7H15N2O4+. The van der Waals surface area contributed by atoms with E-state index in [0.29, 0.717) is 0 Å². The minimum Gasteiger partial charge on any atom is -0.390 e. The number of isocyanates is 1. The summed E-state index contributed by atoms with van der Waals surface area (Å²) in [4.78, 5) is 10.1. The van der Waals surface area contributed by atoms with Gasteiger partial charge in [0.25, 0.3) is 6.08 Å². The fraction of sp³-hybridized carbons (Fsp3) is 0.857. The molecule has 0 fully saturated rings. The van der Waals surface area contributed by atoms with Crippen LogP contribution in [-0.2, 0) is 4.79 Å². The van der Waals surface area contributed by atoms with Crippen molar-refractivity contribution in [3.05, 3.63) is 0 Å². The minimum atomic E-state index is -0.174. The summed E-state index contributed by atoms with van der Waals surface area (Å²) in [6, 6.07) is 0. The lowest BCUT2D eigenvalue weighted by Crippen LogP contribution is -2.48. The van der Waals surface area contributed by atoms with E-state index >= 15 is 0 Å². The first-order valence-corrected chi connectivity index (χ1v) is 4.03. The van der Waals surface area contributed by atoms with Crippen molar-refractivity contribution in [2.24, 2.45) is 5.10 Å². The van der Waals surface area contributed by atoms with Gasteiger partial charge in [-0.15, -0.1) is 0 Å². The number of carbonyl (C=O) groups excluding carboxylic acids is 1. The topological polar surface area (TPSA) is 90.1 Å². The molecule has 6 heteroatoms. The van der Waals surface area contributed by atoms with Gasteiger partial charge in [0.2, 0.25) is 0 Å². The van der Waals surface area contributed by atoms with E-state index in [0.717, 1.165) is 0 Å². The van der Waals surface area contributed by atoms with Gasteiger partial charge in [-0.2, -0.15) is 4.59 Å². The molecule has 0 aromatic carbocycles. The predicted molar refractivity (Wildman–Crippen MR) is 44.2 cm³/mol. The van der Waals surface area contributed by atoms with E-state index in [1.54, 1.807) is 0 Å².